The van der Waals surface area contributed by atoms with E-state index in [2.05, 4.69) is 32.8 Å². The second-order valence-electron chi connectivity index (χ2n) is 7.53. The van der Waals surface area contributed by atoms with Gasteiger partial charge < -0.3 is 15.5 Å². The Hall–Kier alpha value is -1.46. The minimum absolute atomic E-state index is 0. The Labute approximate surface area is 200 Å². The highest BCUT2D eigenvalue weighted by molar-refractivity contribution is 14.0. The molecule has 1 saturated heterocycles. The van der Waals surface area contributed by atoms with Gasteiger partial charge in [0.05, 0.1) is 12.2 Å². The minimum Gasteiger partial charge on any atom is -0.357 e. The number of benzene rings is 1. The number of aromatic nitrogens is 1. The van der Waals surface area contributed by atoms with E-state index in [4.69, 9.17) is 4.99 Å². The van der Waals surface area contributed by atoms with E-state index in [1.807, 2.05) is 31.1 Å². The normalized spacial score (nSPS) is 15.5. The molecule has 1 fully saturated rings. The molecule has 3 rings (SSSR count). The molecule has 1 aromatic carbocycles. The van der Waals surface area contributed by atoms with Crippen LogP contribution in [0.25, 0.3) is 0 Å². The topological polar surface area (TPSA) is 55.8 Å². The van der Waals surface area contributed by atoms with Gasteiger partial charge >= 0.3 is 0 Å². The van der Waals surface area contributed by atoms with Crippen LogP contribution in [0.2, 0.25) is 0 Å². The van der Waals surface area contributed by atoms with Crippen molar-refractivity contribution in [3.8, 4) is 0 Å². The first-order valence-electron chi connectivity index (χ1n) is 10.2. The fraction of sp³-hybridized carbons (Fsp3) is 0.524. The van der Waals surface area contributed by atoms with E-state index in [9.17, 15) is 4.39 Å². The summed E-state index contributed by atoms with van der Waals surface area (Å²) in [6, 6.07) is 7.22. The summed E-state index contributed by atoms with van der Waals surface area (Å²) in [4.78, 5) is 13.8. The van der Waals surface area contributed by atoms with Crippen LogP contribution >= 0.6 is 35.3 Å². The molecule has 0 unspecified atom stereocenters. The fourth-order valence-electron chi connectivity index (χ4n) is 3.33. The number of hydrogen-bond donors (Lipinski definition) is 2. The summed E-state index contributed by atoms with van der Waals surface area (Å²) in [7, 11) is 4.00. The summed E-state index contributed by atoms with van der Waals surface area (Å²) < 4.78 is 13.1. The van der Waals surface area contributed by atoms with Crippen molar-refractivity contribution in [1.29, 1.82) is 0 Å². The standard InChI is InChI=1S/C21H31FN6S.HI/c1-4-23-20(24-13-19-15-29-21(26-19)27(2)3)25-18-9-11-28(12-10-18)14-16-5-7-17(22)8-6-16;/h5-8,15,18H,4,9-14H2,1-3H3,(H2,23,24,25);1H. The molecule has 166 valence electrons. The van der Waals surface area contributed by atoms with Crippen LogP contribution in [0.4, 0.5) is 9.52 Å². The minimum atomic E-state index is -0.178. The molecule has 6 nitrogen and oxygen atoms in total. The van der Waals surface area contributed by atoms with Crippen LogP contribution in [-0.4, -0.2) is 55.6 Å². The molecule has 0 spiro atoms. The van der Waals surface area contributed by atoms with Crippen LogP contribution in [0, 0.1) is 5.82 Å². The van der Waals surface area contributed by atoms with Gasteiger partial charge in [0.25, 0.3) is 0 Å². The van der Waals surface area contributed by atoms with Crippen molar-refractivity contribution in [3.63, 3.8) is 0 Å². The quantitative estimate of drug-likeness (QED) is 0.315. The van der Waals surface area contributed by atoms with Gasteiger partial charge in [0, 0.05) is 51.7 Å². The molecule has 0 radical (unpaired) electrons. The van der Waals surface area contributed by atoms with Gasteiger partial charge in [-0.3, -0.25) is 4.90 Å². The summed E-state index contributed by atoms with van der Waals surface area (Å²) >= 11 is 1.64. The molecule has 1 aliphatic rings. The smallest absolute Gasteiger partial charge is 0.191 e. The van der Waals surface area contributed by atoms with E-state index >= 15 is 0 Å². The maximum atomic E-state index is 13.1. The van der Waals surface area contributed by atoms with E-state index in [-0.39, 0.29) is 29.8 Å². The average molecular weight is 546 g/mol. The number of hydrogen-bond acceptors (Lipinski definition) is 5. The van der Waals surface area contributed by atoms with Gasteiger partial charge in [-0.1, -0.05) is 12.1 Å². The Balaban J connectivity index is 0.00000320. The van der Waals surface area contributed by atoms with Crippen LogP contribution < -0.4 is 15.5 Å². The first kappa shape index (κ1) is 24.8. The lowest BCUT2D eigenvalue weighted by Crippen LogP contribution is -2.48. The van der Waals surface area contributed by atoms with E-state index in [1.165, 1.54) is 12.1 Å². The second-order valence-corrected chi connectivity index (χ2v) is 8.37. The number of nitrogens with zero attached hydrogens (tertiary/aromatic N) is 4. The summed E-state index contributed by atoms with van der Waals surface area (Å²) in [6.45, 7) is 6.40. The molecule has 0 saturated carbocycles. The number of rotatable bonds is 7. The molecule has 1 aliphatic heterocycles. The Morgan fingerprint density at radius 1 is 1.27 bits per heavy atom. The lowest BCUT2D eigenvalue weighted by Gasteiger charge is -2.33. The van der Waals surface area contributed by atoms with Gasteiger partial charge in [-0.15, -0.1) is 35.3 Å². The Morgan fingerprint density at radius 3 is 2.57 bits per heavy atom. The zero-order chi connectivity index (χ0) is 20.6. The summed E-state index contributed by atoms with van der Waals surface area (Å²) in [5.74, 6) is 0.673. The third-order valence-corrected chi connectivity index (χ3v) is 5.97. The van der Waals surface area contributed by atoms with Crippen molar-refractivity contribution >= 4 is 46.4 Å². The molecular weight excluding hydrogens is 514 g/mol. The zero-order valence-corrected chi connectivity index (χ0v) is 21.0. The van der Waals surface area contributed by atoms with Crippen molar-refractivity contribution in [3.05, 3.63) is 46.7 Å². The monoisotopic (exact) mass is 546 g/mol. The first-order valence-corrected chi connectivity index (χ1v) is 11.0. The Morgan fingerprint density at radius 2 is 1.97 bits per heavy atom. The molecule has 1 aromatic heterocycles. The van der Waals surface area contributed by atoms with Crippen molar-refractivity contribution in [2.24, 2.45) is 4.99 Å². The number of anilines is 1. The molecule has 2 aromatic rings. The maximum absolute atomic E-state index is 13.1. The first-order chi connectivity index (χ1) is 14.0. The van der Waals surface area contributed by atoms with Gasteiger partial charge in [0.2, 0.25) is 0 Å². The molecule has 0 aliphatic carbocycles. The summed E-state index contributed by atoms with van der Waals surface area (Å²) in [5.41, 5.74) is 2.15. The highest BCUT2D eigenvalue weighted by Crippen LogP contribution is 2.18. The van der Waals surface area contributed by atoms with Gasteiger partial charge in [-0.05, 0) is 37.5 Å². The summed E-state index contributed by atoms with van der Waals surface area (Å²) in [5, 5.41) is 9.98. The van der Waals surface area contributed by atoms with Gasteiger partial charge in [-0.25, -0.2) is 14.4 Å². The zero-order valence-electron chi connectivity index (χ0n) is 17.9. The van der Waals surface area contributed by atoms with Gasteiger partial charge in [-0.2, -0.15) is 0 Å². The third kappa shape index (κ3) is 7.66. The number of aliphatic imine (C=N–C) groups is 1. The molecule has 30 heavy (non-hydrogen) atoms. The number of halogens is 2. The van der Waals surface area contributed by atoms with Crippen LogP contribution in [-0.2, 0) is 13.1 Å². The molecule has 0 atom stereocenters. The maximum Gasteiger partial charge on any atom is 0.191 e. The van der Waals surface area contributed by atoms with Crippen LogP contribution in [0.3, 0.4) is 0 Å². The van der Waals surface area contributed by atoms with Crippen molar-refractivity contribution in [2.75, 3.05) is 38.6 Å². The van der Waals surface area contributed by atoms with E-state index in [0.29, 0.717) is 12.6 Å². The predicted molar refractivity (Wildman–Crippen MR) is 135 cm³/mol. The van der Waals surface area contributed by atoms with Crippen LogP contribution in [0.15, 0.2) is 34.6 Å². The number of nitrogens with one attached hydrogen (secondary N) is 2. The van der Waals surface area contributed by atoms with E-state index < -0.39 is 0 Å². The van der Waals surface area contributed by atoms with Crippen molar-refractivity contribution < 1.29 is 4.39 Å². The third-order valence-electron chi connectivity index (χ3n) is 4.91. The van der Waals surface area contributed by atoms with Crippen LogP contribution in [0.5, 0.6) is 0 Å². The molecule has 2 N–H and O–H groups in total. The van der Waals surface area contributed by atoms with E-state index in [0.717, 1.165) is 61.4 Å². The molecule has 9 heteroatoms. The van der Waals surface area contributed by atoms with Crippen molar-refractivity contribution in [2.45, 2.75) is 38.9 Å². The highest BCUT2D eigenvalue weighted by atomic mass is 127. The SMILES string of the molecule is CCNC(=NCc1csc(N(C)C)n1)NC1CCN(Cc2ccc(F)cc2)CC1.I. The Kier molecular flexibility index (Phi) is 10.3. The van der Waals surface area contributed by atoms with Gasteiger partial charge in [0.15, 0.2) is 11.1 Å². The number of likely N-dealkylation sites (tertiary alicyclic amines) is 1. The lowest BCUT2D eigenvalue weighted by atomic mass is 10.0. The lowest BCUT2D eigenvalue weighted by molar-refractivity contribution is 0.198. The highest BCUT2D eigenvalue weighted by Gasteiger charge is 2.20. The van der Waals surface area contributed by atoms with Crippen molar-refractivity contribution in [1.82, 2.24) is 20.5 Å². The van der Waals surface area contributed by atoms with Gasteiger partial charge in [0.1, 0.15) is 5.82 Å². The average Bonchev–Trinajstić information content (AvgIpc) is 3.19. The largest absolute Gasteiger partial charge is 0.357 e. The Bertz CT molecular complexity index is 787. The number of guanidine groups is 1. The summed E-state index contributed by atoms with van der Waals surface area (Å²) in [6.07, 6.45) is 2.13. The fourth-order valence-corrected chi connectivity index (χ4v) is 4.08. The number of thiazole rings is 1. The van der Waals surface area contributed by atoms with Crippen LogP contribution in [0.1, 0.15) is 31.0 Å². The second kappa shape index (κ2) is 12.4. The molecular formula is C21H32FIN6S. The number of piperidine rings is 1. The predicted octanol–water partition coefficient (Wildman–Crippen LogP) is 3.69. The molecule has 2 heterocycles. The molecule has 0 amide bonds. The molecule has 0 bridgehead atoms. The van der Waals surface area contributed by atoms with E-state index in [1.54, 1.807) is 11.3 Å².